The second-order valence-corrected chi connectivity index (χ2v) is 4.57. The Morgan fingerprint density at radius 1 is 1.33 bits per heavy atom. The molecule has 0 amide bonds. The van der Waals surface area contributed by atoms with Crippen LogP contribution in [0.15, 0.2) is 30.3 Å². The number of alkyl halides is 2. The number of benzene rings is 1. The lowest BCUT2D eigenvalue weighted by Gasteiger charge is -1.97. The highest BCUT2D eigenvalue weighted by atomic mass is 79.9. The number of rotatable bonds is 1. The van der Waals surface area contributed by atoms with Crippen molar-refractivity contribution in [1.29, 1.82) is 0 Å². The molecule has 2 heteroatoms. The van der Waals surface area contributed by atoms with Gasteiger partial charge < -0.3 is 0 Å². The molecule has 64 valence electrons. The lowest BCUT2D eigenvalue weighted by Crippen LogP contribution is -1.89. The highest BCUT2D eigenvalue weighted by Gasteiger charge is 2.62. The summed E-state index contributed by atoms with van der Waals surface area (Å²) in [5.41, 5.74) is 1.09. The lowest BCUT2D eigenvalue weighted by atomic mass is 10.1. The van der Waals surface area contributed by atoms with Gasteiger partial charge in [-0.05, 0) is 21.5 Å². The molecule has 1 aromatic carbocycles. The smallest absolute Gasteiger partial charge is 0.175 e. The fourth-order valence-corrected chi connectivity index (χ4v) is 2.44. The molecule has 12 heavy (non-hydrogen) atoms. The van der Waals surface area contributed by atoms with E-state index < -0.39 is 4.58 Å². The predicted molar refractivity (Wildman–Crippen MR) is 51.1 cm³/mol. The van der Waals surface area contributed by atoms with Crippen LogP contribution in [0, 0.1) is 5.92 Å². The van der Waals surface area contributed by atoms with Crippen molar-refractivity contribution < 1.29 is 4.39 Å². The third-order valence-electron chi connectivity index (χ3n) is 2.57. The monoisotopic (exact) mass is 228 g/mol. The topological polar surface area (TPSA) is 0 Å². The van der Waals surface area contributed by atoms with Crippen molar-refractivity contribution in [2.24, 2.45) is 5.92 Å². The molecule has 0 radical (unpaired) electrons. The first-order valence-electron chi connectivity index (χ1n) is 4.07. The molecule has 0 N–H and O–H groups in total. The maximum atomic E-state index is 13.5. The van der Waals surface area contributed by atoms with E-state index in [2.05, 4.69) is 15.9 Å². The van der Waals surface area contributed by atoms with Crippen molar-refractivity contribution in [3.8, 4) is 0 Å². The molecule has 0 bridgehead atoms. The third-order valence-corrected chi connectivity index (χ3v) is 3.79. The number of hydrogen-bond donors (Lipinski definition) is 0. The molecule has 3 atom stereocenters. The summed E-state index contributed by atoms with van der Waals surface area (Å²) in [7, 11) is 0. The molecule has 0 saturated heterocycles. The number of hydrogen-bond acceptors (Lipinski definition) is 0. The van der Waals surface area contributed by atoms with Gasteiger partial charge in [0.2, 0.25) is 0 Å². The summed E-state index contributed by atoms with van der Waals surface area (Å²) in [6, 6.07) is 9.80. The van der Waals surface area contributed by atoms with Gasteiger partial charge in [-0.1, -0.05) is 37.3 Å². The minimum Gasteiger partial charge on any atom is -0.230 e. The van der Waals surface area contributed by atoms with Crippen LogP contribution in [0.4, 0.5) is 4.39 Å². The van der Waals surface area contributed by atoms with Crippen LogP contribution in [-0.2, 0) is 0 Å². The average Bonchev–Trinajstić information content (AvgIpc) is 2.53. The molecule has 2 rings (SSSR count). The first kappa shape index (κ1) is 8.24. The van der Waals surface area contributed by atoms with Crippen LogP contribution in [0.5, 0.6) is 0 Å². The highest BCUT2D eigenvalue weighted by molar-refractivity contribution is 9.10. The van der Waals surface area contributed by atoms with E-state index in [1.807, 2.05) is 37.3 Å². The van der Waals surface area contributed by atoms with E-state index in [1.54, 1.807) is 0 Å². The van der Waals surface area contributed by atoms with Gasteiger partial charge in [-0.25, -0.2) is 4.39 Å². The summed E-state index contributed by atoms with van der Waals surface area (Å²) in [6.45, 7) is 1.92. The summed E-state index contributed by atoms with van der Waals surface area (Å²) in [6.07, 6.45) is 0. The molecule has 0 nitrogen and oxygen atoms in total. The van der Waals surface area contributed by atoms with E-state index in [0.717, 1.165) is 5.56 Å². The van der Waals surface area contributed by atoms with Crippen molar-refractivity contribution in [3.05, 3.63) is 35.9 Å². The van der Waals surface area contributed by atoms with Crippen LogP contribution in [0.2, 0.25) is 0 Å². The van der Waals surface area contributed by atoms with E-state index in [9.17, 15) is 4.39 Å². The SMILES string of the molecule is CC1C(c2ccccc2)C1(F)Br. The Hall–Kier alpha value is -0.370. The zero-order chi connectivity index (χ0) is 8.77. The molecular weight excluding hydrogens is 219 g/mol. The summed E-state index contributed by atoms with van der Waals surface area (Å²) in [4.78, 5) is 0. The second kappa shape index (κ2) is 2.56. The predicted octanol–water partition coefficient (Wildman–Crippen LogP) is 3.48. The van der Waals surface area contributed by atoms with Crippen LogP contribution < -0.4 is 0 Å². The lowest BCUT2D eigenvalue weighted by molar-refractivity contribution is 0.415. The Bertz CT molecular complexity index is 281. The van der Waals surface area contributed by atoms with Crippen LogP contribution in [0.3, 0.4) is 0 Å². The van der Waals surface area contributed by atoms with Crippen LogP contribution >= 0.6 is 15.9 Å². The highest BCUT2D eigenvalue weighted by Crippen LogP contribution is 2.63. The Labute approximate surface area is 79.9 Å². The third kappa shape index (κ3) is 1.09. The van der Waals surface area contributed by atoms with Crippen LogP contribution in [0.25, 0.3) is 0 Å². The Morgan fingerprint density at radius 3 is 2.25 bits per heavy atom. The van der Waals surface area contributed by atoms with Gasteiger partial charge >= 0.3 is 0 Å². The first-order chi connectivity index (χ1) is 5.64. The van der Waals surface area contributed by atoms with Gasteiger partial charge in [0.05, 0.1) is 0 Å². The second-order valence-electron chi connectivity index (χ2n) is 3.35. The van der Waals surface area contributed by atoms with E-state index in [-0.39, 0.29) is 11.8 Å². The average molecular weight is 229 g/mol. The molecule has 1 aromatic rings. The normalized spacial score (nSPS) is 39.6. The summed E-state index contributed by atoms with van der Waals surface area (Å²) >= 11 is 3.09. The molecule has 1 aliphatic rings. The summed E-state index contributed by atoms with van der Waals surface area (Å²) in [5, 5.41) is 0. The maximum Gasteiger partial charge on any atom is 0.175 e. The van der Waals surface area contributed by atoms with Crippen LogP contribution in [0.1, 0.15) is 18.4 Å². The van der Waals surface area contributed by atoms with E-state index in [1.165, 1.54) is 0 Å². The van der Waals surface area contributed by atoms with Crippen molar-refractivity contribution in [2.75, 3.05) is 0 Å². The molecular formula is C10H10BrF. The quantitative estimate of drug-likeness (QED) is 0.646. The summed E-state index contributed by atoms with van der Waals surface area (Å²) in [5.74, 6) is 0.138. The van der Waals surface area contributed by atoms with Gasteiger partial charge in [-0.3, -0.25) is 0 Å². The number of halogens is 2. The van der Waals surface area contributed by atoms with Crippen molar-refractivity contribution in [3.63, 3.8) is 0 Å². The fraction of sp³-hybridized carbons (Fsp3) is 0.400. The van der Waals surface area contributed by atoms with Crippen LogP contribution in [-0.4, -0.2) is 4.58 Å². The Kier molecular flexibility index (Phi) is 1.76. The van der Waals surface area contributed by atoms with Gasteiger partial charge in [-0.15, -0.1) is 0 Å². The van der Waals surface area contributed by atoms with E-state index in [0.29, 0.717) is 0 Å². The largest absolute Gasteiger partial charge is 0.230 e. The van der Waals surface area contributed by atoms with Gasteiger partial charge in [-0.2, -0.15) is 0 Å². The van der Waals surface area contributed by atoms with Gasteiger partial charge in [0.15, 0.2) is 4.58 Å². The standard InChI is InChI=1S/C10H10BrF/c1-7-9(10(7,11)12)8-5-3-2-4-6-8/h2-7,9H,1H3. The molecule has 1 fully saturated rings. The van der Waals surface area contributed by atoms with Crippen molar-refractivity contribution >= 4 is 15.9 Å². The van der Waals surface area contributed by atoms with Crippen molar-refractivity contribution in [1.82, 2.24) is 0 Å². The molecule has 0 heterocycles. The molecule has 0 spiro atoms. The zero-order valence-corrected chi connectivity index (χ0v) is 8.38. The molecule has 1 aliphatic carbocycles. The van der Waals surface area contributed by atoms with Gasteiger partial charge in [0.25, 0.3) is 0 Å². The fourth-order valence-electron chi connectivity index (χ4n) is 1.65. The van der Waals surface area contributed by atoms with E-state index >= 15 is 0 Å². The Balaban J connectivity index is 2.25. The summed E-state index contributed by atoms with van der Waals surface area (Å²) < 4.78 is 12.3. The Morgan fingerprint density at radius 2 is 1.83 bits per heavy atom. The first-order valence-corrected chi connectivity index (χ1v) is 4.86. The minimum atomic E-state index is -1.16. The maximum absolute atomic E-state index is 13.5. The van der Waals surface area contributed by atoms with Crippen molar-refractivity contribution in [2.45, 2.75) is 17.4 Å². The zero-order valence-electron chi connectivity index (χ0n) is 6.80. The van der Waals surface area contributed by atoms with Gasteiger partial charge in [0.1, 0.15) is 0 Å². The molecule has 3 unspecified atom stereocenters. The molecule has 1 saturated carbocycles. The van der Waals surface area contributed by atoms with Gasteiger partial charge in [0, 0.05) is 11.8 Å². The van der Waals surface area contributed by atoms with E-state index in [4.69, 9.17) is 0 Å². The minimum absolute atomic E-state index is 0.0405. The molecule has 0 aromatic heterocycles. The molecule has 0 aliphatic heterocycles.